The van der Waals surface area contributed by atoms with Gasteiger partial charge in [-0.3, -0.25) is 14.4 Å². The SMILES string of the molecule is COc1cc(C(=O)NC2(C)CCCCC2C(=O)O)cc(Cl)c1OCC(N)=O. The molecule has 1 aromatic rings. The molecule has 1 saturated carbocycles. The van der Waals surface area contributed by atoms with Crippen LogP contribution in [0.2, 0.25) is 5.02 Å². The van der Waals surface area contributed by atoms with E-state index in [9.17, 15) is 19.5 Å². The lowest BCUT2D eigenvalue weighted by Gasteiger charge is -2.39. The third-order valence-corrected chi connectivity index (χ3v) is 5.04. The largest absolute Gasteiger partial charge is 0.493 e. The Hall–Kier alpha value is -2.48. The van der Waals surface area contributed by atoms with E-state index in [1.54, 1.807) is 6.92 Å². The van der Waals surface area contributed by atoms with E-state index in [4.69, 9.17) is 26.8 Å². The standard InChI is InChI=1S/C18H23ClN2O6/c1-18(6-4-3-5-11(18)17(24)25)21-16(23)10-7-12(19)15(13(8-10)26-2)27-9-14(20)22/h7-8,11H,3-6,9H2,1-2H3,(H2,20,22)(H,21,23)(H,24,25). The van der Waals surface area contributed by atoms with E-state index in [1.807, 2.05) is 0 Å². The number of carboxylic acid groups (broad SMARTS) is 1. The van der Waals surface area contributed by atoms with Gasteiger partial charge < -0.3 is 25.6 Å². The quantitative estimate of drug-likeness (QED) is 0.644. The van der Waals surface area contributed by atoms with E-state index in [0.717, 1.165) is 12.8 Å². The number of primary amides is 1. The number of nitrogens with two attached hydrogens (primary N) is 1. The van der Waals surface area contributed by atoms with Crippen molar-refractivity contribution in [1.82, 2.24) is 5.32 Å². The Kier molecular flexibility index (Phi) is 6.54. The molecule has 2 atom stereocenters. The zero-order chi connectivity index (χ0) is 20.2. The Morgan fingerprint density at radius 1 is 1.37 bits per heavy atom. The molecule has 0 aromatic heterocycles. The van der Waals surface area contributed by atoms with E-state index in [1.165, 1.54) is 19.2 Å². The lowest BCUT2D eigenvalue weighted by Crippen LogP contribution is -2.55. The highest BCUT2D eigenvalue weighted by molar-refractivity contribution is 6.32. The molecule has 0 bridgehead atoms. The fraction of sp³-hybridized carbons (Fsp3) is 0.500. The Morgan fingerprint density at radius 2 is 2.07 bits per heavy atom. The number of carbonyl (C=O) groups excluding carboxylic acids is 2. The van der Waals surface area contributed by atoms with E-state index >= 15 is 0 Å². The molecule has 148 valence electrons. The molecule has 1 aromatic carbocycles. The number of nitrogens with one attached hydrogen (secondary N) is 1. The van der Waals surface area contributed by atoms with Crippen LogP contribution in [0.25, 0.3) is 0 Å². The molecule has 0 heterocycles. The number of hydrogen-bond acceptors (Lipinski definition) is 5. The topological polar surface area (TPSA) is 128 Å². The molecule has 4 N–H and O–H groups in total. The molecule has 0 aliphatic heterocycles. The van der Waals surface area contributed by atoms with Crippen LogP contribution in [-0.2, 0) is 9.59 Å². The van der Waals surface area contributed by atoms with Crippen LogP contribution in [0.1, 0.15) is 43.0 Å². The molecule has 27 heavy (non-hydrogen) atoms. The zero-order valence-corrected chi connectivity index (χ0v) is 16.0. The predicted octanol–water partition coefficient (Wildman–Crippen LogP) is 1.98. The zero-order valence-electron chi connectivity index (χ0n) is 15.2. The fourth-order valence-electron chi connectivity index (χ4n) is 3.34. The highest BCUT2D eigenvalue weighted by atomic mass is 35.5. The maximum absolute atomic E-state index is 12.8. The molecule has 1 fully saturated rings. The number of methoxy groups -OCH3 is 1. The number of hydrogen-bond donors (Lipinski definition) is 3. The van der Waals surface area contributed by atoms with Crippen LogP contribution >= 0.6 is 11.6 Å². The lowest BCUT2D eigenvalue weighted by atomic mass is 9.73. The summed E-state index contributed by atoms with van der Waals surface area (Å²) in [5, 5.41) is 12.4. The van der Waals surface area contributed by atoms with Crippen molar-refractivity contribution in [2.24, 2.45) is 11.7 Å². The number of aliphatic carboxylic acids is 1. The van der Waals surface area contributed by atoms with Crippen molar-refractivity contribution in [3.8, 4) is 11.5 Å². The van der Waals surface area contributed by atoms with E-state index in [2.05, 4.69) is 5.32 Å². The number of amides is 2. The Balaban J connectivity index is 2.26. The van der Waals surface area contributed by atoms with Crippen molar-refractivity contribution in [2.45, 2.75) is 38.1 Å². The van der Waals surface area contributed by atoms with Gasteiger partial charge in [0, 0.05) is 5.56 Å². The summed E-state index contributed by atoms with van der Waals surface area (Å²) in [5.74, 6) is -2.47. The molecule has 9 heteroatoms. The molecule has 2 amide bonds. The fourth-order valence-corrected chi connectivity index (χ4v) is 3.61. The molecule has 2 unspecified atom stereocenters. The van der Waals surface area contributed by atoms with Gasteiger partial charge >= 0.3 is 5.97 Å². The van der Waals surface area contributed by atoms with E-state index in [-0.39, 0.29) is 28.7 Å². The van der Waals surface area contributed by atoms with Gasteiger partial charge in [0.15, 0.2) is 18.1 Å². The minimum absolute atomic E-state index is 0.0735. The van der Waals surface area contributed by atoms with Gasteiger partial charge in [-0.05, 0) is 31.9 Å². The van der Waals surface area contributed by atoms with Gasteiger partial charge in [0.25, 0.3) is 11.8 Å². The van der Waals surface area contributed by atoms with Crippen LogP contribution in [0.5, 0.6) is 11.5 Å². The van der Waals surface area contributed by atoms with Crippen molar-refractivity contribution in [3.05, 3.63) is 22.7 Å². The summed E-state index contributed by atoms with van der Waals surface area (Å²) in [4.78, 5) is 35.2. The first-order valence-electron chi connectivity index (χ1n) is 8.52. The average Bonchev–Trinajstić information content (AvgIpc) is 2.59. The second kappa shape index (κ2) is 8.47. The highest BCUT2D eigenvalue weighted by Gasteiger charge is 2.42. The molecule has 0 saturated heterocycles. The summed E-state index contributed by atoms with van der Waals surface area (Å²) in [5.41, 5.74) is 4.39. The summed E-state index contributed by atoms with van der Waals surface area (Å²) in [6.07, 6.45) is 2.73. The Labute approximate surface area is 162 Å². The molecule has 1 aliphatic carbocycles. The molecule has 1 aliphatic rings. The number of halogens is 1. The predicted molar refractivity (Wildman–Crippen MR) is 98.2 cm³/mol. The third kappa shape index (κ3) is 4.82. The first-order valence-corrected chi connectivity index (χ1v) is 8.89. The number of ether oxygens (including phenoxy) is 2. The van der Waals surface area contributed by atoms with Crippen LogP contribution in [0.15, 0.2) is 12.1 Å². The van der Waals surface area contributed by atoms with Gasteiger partial charge in [-0.25, -0.2) is 0 Å². The number of rotatable bonds is 7. The van der Waals surface area contributed by atoms with Crippen molar-refractivity contribution >= 4 is 29.4 Å². The highest BCUT2D eigenvalue weighted by Crippen LogP contribution is 2.38. The van der Waals surface area contributed by atoms with Crippen LogP contribution in [0.4, 0.5) is 0 Å². The summed E-state index contributed by atoms with van der Waals surface area (Å²) < 4.78 is 10.4. The Morgan fingerprint density at radius 3 is 2.67 bits per heavy atom. The second-order valence-corrected chi connectivity index (χ2v) is 7.16. The molecule has 0 radical (unpaired) electrons. The smallest absolute Gasteiger partial charge is 0.308 e. The average molecular weight is 399 g/mol. The van der Waals surface area contributed by atoms with Crippen LogP contribution in [-0.4, -0.2) is 42.1 Å². The minimum atomic E-state index is -0.927. The maximum Gasteiger partial charge on any atom is 0.308 e. The van der Waals surface area contributed by atoms with Crippen molar-refractivity contribution in [1.29, 1.82) is 0 Å². The van der Waals surface area contributed by atoms with Gasteiger partial charge in [-0.15, -0.1) is 0 Å². The van der Waals surface area contributed by atoms with E-state index in [0.29, 0.717) is 12.8 Å². The number of carbonyl (C=O) groups is 3. The molecule has 8 nitrogen and oxygen atoms in total. The van der Waals surface area contributed by atoms with Gasteiger partial charge in [-0.1, -0.05) is 24.4 Å². The third-order valence-electron chi connectivity index (χ3n) is 4.76. The lowest BCUT2D eigenvalue weighted by molar-refractivity contribution is -0.145. The normalized spacial score (nSPS) is 22.0. The van der Waals surface area contributed by atoms with E-state index < -0.39 is 29.2 Å². The first-order chi connectivity index (χ1) is 12.7. The summed E-state index contributed by atoms with van der Waals surface area (Å²) >= 11 is 6.17. The maximum atomic E-state index is 12.8. The number of benzene rings is 1. The molecular formula is C18H23ClN2O6. The van der Waals surface area contributed by atoms with Crippen LogP contribution in [0.3, 0.4) is 0 Å². The first kappa shape index (κ1) is 20.8. The summed E-state index contributed by atoms with van der Waals surface area (Å²) in [7, 11) is 1.37. The molecular weight excluding hydrogens is 376 g/mol. The number of carboxylic acids is 1. The Bertz CT molecular complexity index is 754. The summed E-state index contributed by atoms with van der Waals surface area (Å²) in [6.45, 7) is 1.35. The van der Waals surface area contributed by atoms with Gasteiger partial charge in [0.05, 0.1) is 23.6 Å². The monoisotopic (exact) mass is 398 g/mol. The van der Waals surface area contributed by atoms with Crippen molar-refractivity contribution in [2.75, 3.05) is 13.7 Å². The van der Waals surface area contributed by atoms with Crippen molar-refractivity contribution < 1.29 is 29.0 Å². The summed E-state index contributed by atoms with van der Waals surface area (Å²) in [6, 6.07) is 2.79. The van der Waals surface area contributed by atoms with Crippen molar-refractivity contribution in [3.63, 3.8) is 0 Å². The molecule has 2 rings (SSSR count). The van der Waals surface area contributed by atoms with Gasteiger partial charge in [0.1, 0.15) is 0 Å². The minimum Gasteiger partial charge on any atom is -0.493 e. The molecule has 0 spiro atoms. The van der Waals surface area contributed by atoms with Gasteiger partial charge in [0.2, 0.25) is 0 Å². The van der Waals surface area contributed by atoms with Crippen LogP contribution < -0.4 is 20.5 Å². The second-order valence-electron chi connectivity index (χ2n) is 6.75. The van der Waals surface area contributed by atoms with Crippen LogP contribution in [0, 0.1) is 5.92 Å². The van der Waals surface area contributed by atoms with Gasteiger partial charge in [-0.2, -0.15) is 0 Å².